The number of nitrogens with one attached hydrogen (secondary N) is 1. The number of hydrogen-bond acceptors (Lipinski definition) is 3. The lowest BCUT2D eigenvalue weighted by Gasteiger charge is -2.30. The first-order valence-electron chi connectivity index (χ1n) is 10.5. The molecule has 6 heteroatoms. The van der Waals surface area contributed by atoms with Crippen molar-refractivity contribution in [3.05, 3.63) is 89.5 Å². The van der Waals surface area contributed by atoms with Crippen molar-refractivity contribution < 1.29 is 13.2 Å². The van der Waals surface area contributed by atoms with Gasteiger partial charge in [-0.25, -0.2) is 8.42 Å². The van der Waals surface area contributed by atoms with Gasteiger partial charge in [-0.3, -0.25) is 9.10 Å². The predicted octanol–water partition coefficient (Wildman–Crippen LogP) is 4.71. The topological polar surface area (TPSA) is 66.5 Å². The molecule has 3 aromatic rings. The summed E-state index contributed by atoms with van der Waals surface area (Å²) in [5.74, 6) is -0.0628. The summed E-state index contributed by atoms with van der Waals surface area (Å²) in [6, 6.07) is 22.2. The largest absolute Gasteiger partial charge is 0.326 e. The molecular weight excluding hydrogens is 408 g/mol. The Morgan fingerprint density at radius 2 is 1.77 bits per heavy atom. The average Bonchev–Trinajstić information content (AvgIpc) is 2.77. The summed E-state index contributed by atoms with van der Waals surface area (Å²) in [5, 5.41) is 2.90. The maximum atomic E-state index is 13.2. The third-order valence-corrected chi connectivity index (χ3v) is 7.35. The molecule has 0 unspecified atom stereocenters. The normalized spacial score (nSPS) is 13.5. The van der Waals surface area contributed by atoms with Gasteiger partial charge in [0.05, 0.1) is 10.6 Å². The summed E-state index contributed by atoms with van der Waals surface area (Å²) in [6.07, 6.45) is 2.58. The van der Waals surface area contributed by atoms with E-state index in [1.807, 2.05) is 55.5 Å². The Balaban J connectivity index is 1.42. The van der Waals surface area contributed by atoms with E-state index in [2.05, 4.69) is 5.32 Å². The average molecular weight is 435 g/mol. The Morgan fingerprint density at radius 1 is 1.00 bits per heavy atom. The SMILES string of the molecule is Cc1cccc(NC(=O)CCc2ccc(S(=O)(=O)N3CCCc4ccccc43)cc2)c1. The molecule has 1 aliphatic heterocycles. The van der Waals surface area contributed by atoms with Crippen LogP contribution in [0.1, 0.15) is 29.5 Å². The van der Waals surface area contributed by atoms with Gasteiger partial charge in [-0.05, 0) is 73.2 Å². The number of amides is 1. The van der Waals surface area contributed by atoms with Crippen LogP contribution in [-0.2, 0) is 27.7 Å². The zero-order valence-electron chi connectivity index (χ0n) is 17.5. The van der Waals surface area contributed by atoms with Crippen molar-refractivity contribution in [2.45, 2.75) is 37.5 Å². The summed E-state index contributed by atoms with van der Waals surface area (Å²) < 4.78 is 27.9. The highest BCUT2D eigenvalue weighted by atomic mass is 32.2. The van der Waals surface area contributed by atoms with E-state index in [-0.39, 0.29) is 10.8 Å². The number of nitrogens with zero attached hydrogens (tertiary/aromatic N) is 1. The zero-order chi connectivity index (χ0) is 21.8. The fourth-order valence-electron chi connectivity index (χ4n) is 3.91. The molecule has 1 N–H and O–H groups in total. The van der Waals surface area contributed by atoms with Gasteiger partial charge in [-0.2, -0.15) is 0 Å². The lowest BCUT2D eigenvalue weighted by molar-refractivity contribution is -0.116. The van der Waals surface area contributed by atoms with Crippen LogP contribution in [0.4, 0.5) is 11.4 Å². The second kappa shape index (κ2) is 8.94. The third kappa shape index (κ3) is 4.80. The number of sulfonamides is 1. The van der Waals surface area contributed by atoms with Crippen LogP contribution in [0, 0.1) is 6.92 Å². The lowest BCUT2D eigenvalue weighted by Crippen LogP contribution is -2.35. The van der Waals surface area contributed by atoms with Crippen molar-refractivity contribution in [1.29, 1.82) is 0 Å². The molecule has 31 heavy (non-hydrogen) atoms. The molecule has 0 aromatic heterocycles. The van der Waals surface area contributed by atoms with Gasteiger partial charge in [-0.15, -0.1) is 0 Å². The van der Waals surface area contributed by atoms with Crippen molar-refractivity contribution in [3.8, 4) is 0 Å². The van der Waals surface area contributed by atoms with Crippen LogP contribution in [-0.4, -0.2) is 20.9 Å². The van der Waals surface area contributed by atoms with E-state index in [1.54, 1.807) is 24.3 Å². The summed E-state index contributed by atoms with van der Waals surface area (Å²) in [6.45, 7) is 2.47. The van der Waals surface area contributed by atoms with Crippen LogP contribution < -0.4 is 9.62 Å². The molecule has 0 atom stereocenters. The fraction of sp³-hybridized carbons (Fsp3) is 0.240. The number of rotatable bonds is 6. The van der Waals surface area contributed by atoms with E-state index in [4.69, 9.17) is 0 Å². The molecule has 1 amide bonds. The minimum Gasteiger partial charge on any atom is -0.326 e. The summed E-state index contributed by atoms with van der Waals surface area (Å²) in [5.41, 5.74) is 4.63. The molecule has 0 fully saturated rings. The molecule has 3 aromatic carbocycles. The van der Waals surface area contributed by atoms with Gasteiger partial charge in [0.1, 0.15) is 0 Å². The molecule has 0 saturated heterocycles. The second-order valence-electron chi connectivity index (χ2n) is 7.87. The van der Waals surface area contributed by atoms with Crippen LogP contribution in [0.15, 0.2) is 77.7 Å². The number of fused-ring (bicyclic) bond motifs is 1. The molecular formula is C25H26N2O3S. The number of benzene rings is 3. The molecule has 1 aliphatic rings. The van der Waals surface area contributed by atoms with Crippen molar-refractivity contribution >= 4 is 27.3 Å². The van der Waals surface area contributed by atoms with Crippen molar-refractivity contribution in [2.24, 2.45) is 0 Å². The van der Waals surface area contributed by atoms with Gasteiger partial charge in [-0.1, -0.05) is 42.5 Å². The highest BCUT2D eigenvalue weighted by molar-refractivity contribution is 7.92. The maximum absolute atomic E-state index is 13.2. The number of hydrogen-bond donors (Lipinski definition) is 1. The standard InChI is InChI=1S/C25H26N2O3S/c1-19-6-4-9-22(18-19)26-25(28)16-13-20-11-14-23(15-12-20)31(29,30)27-17-5-8-21-7-2-3-10-24(21)27/h2-4,6-7,9-12,14-15,18H,5,8,13,16-17H2,1H3,(H,26,28). The number of aryl methyl sites for hydroxylation is 3. The van der Waals surface area contributed by atoms with Crippen molar-refractivity contribution in [2.75, 3.05) is 16.2 Å². The minimum atomic E-state index is -3.61. The van der Waals surface area contributed by atoms with E-state index in [0.29, 0.717) is 19.4 Å². The first kappa shape index (κ1) is 21.1. The molecule has 0 aliphatic carbocycles. The fourth-order valence-corrected chi connectivity index (χ4v) is 5.45. The molecule has 0 bridgehead atoms. The van der Waals surface area contributed by atoms with Crippen LogP contribution >= 0.6 is 0 Å². The summed E-state index contributed by atoms with van der Waals surface area (Å²) in [4.78, 5) is 12.5. The monoisotopic (exact) mass is 434 g/mol. The smallest absolute Gasteiger partial charge is 0.264 e. The number of anilines is 2. The third-order valence-electron chi connectivity index (χ3n) is 5.52. The Labute approximate surface area is 183 Å². The quantitative estimate of drug-likeness (QED) is 0.611. The van der Waals surface area contributed by atoms with E-state index in [1.165, 1.54) is 4.31 Å². The highest BCUT2D eigenvalue weighted by Crippen LogP contribution is 2.31. The van der Waals surface area contributed by atoms with E-state index in [0.717, 1.165) is 40.9 Å². The number of carbonyl (C=O) groups is 1. The number of para-hydroxylation sites is 1. The first-order chi connectivity index (χ1) is 14.9. The predicted molar refractivity (Wildman–Crippen MR) is 124 cm³/mol. The molecule has 160 valence electrons. The van der Waals surface area contributed by atoms with Gasteiger partial charge < -0.3 is 5.32 Å². The molecule has 0 saturated carbocycles. The number of carbonyl (C=O) groups excluding carboxylic acids is 1. The van der Waals surface area contributed by atoms with E-state index in [9.17, 15) is 13.2 Å². The Morgan fingerprint density at radius 3 is 2.55 bits per heavy atom. The van der Waals surface area contributed by atoms with Crippen LogP contribution in [0.2, 0.25) is 0 Å². The summed E-state index contributed by atoms with van der Waals surface area (Å²) >= 11 is 0. The molecule has 5 nitrogen and oxygen atoms in total. The Kier molecular flexibility index (Phi) is 6.09. The Hall–Kier alpha value is -3.12. The Bertz CT molecular complexity index is 1190. The molecule has 0 spiro atoms. The highest BCUT2D eigenvalue weighted by Gasteiger charge is 2.28. The molecule has 0 radical (unpaired) electrons. The van der Waals surface area contributed by atoms with Gasteiger partial charge >= 0.3 is 0 Å². The second-order valence-corrected chi connectivity index (χ2v) is 9.73. The van der Waals surface area contributed by atoms with Gasteiger partial charge in [0.2, 0.25) is 5.91 Å². The maximum Gasteiger partial charge on any atom is 0.264 e. The zero-order valence-corrected chi connectivity index (χ0v) is 18.4. The van der Waals surface area contributed by atoms with Crippen LogP contribution in [0.3, 0.4) is 0 Å². The minimum absolute atomic E-state index is 0.0628. The first-order valence-corrected chi connectivity index (χ1v) is 11.9. The van der Waals surface area contributed by atoms with Crippen molar-refractivity contribution in [3.63, 3.8) is 0 Å². The van der Waals surface area contributed by atoms with Crippen LogP contribution in [0.25, 0.3) is 0 Å². The van der Waals surface area contributed by atoms with E-state index >= 15 is 0 Å². The van der Waals surface area contributed by atoms with Crippen LogP contribution in [0.5, 0.6) is 0 Å². The van der Waals surface area contributed by atoms with Gasteiger partial charge in [0.15, 0.2) is 0 Å². The van der Waals surface area contributed by atoms with Crippen molar-refractivity contribution in [1.82, 2.24) is 0 Å². The van der Waals surface area contributed by atoms with Gasteiger partial charge in [0.25, 0.3) is 10.0 Å². The van der Waals surface area contributed by atoms with Gasteiger partial charge in [0, 0.05) is 18.7 Å². The molecule has 1 heterocycles. The molecule has 4 rings (SSSR count). The van der Waals surface area contributed by atoms with E-state index < -0.39 is 10.0 Å². The lowest BCUT2D eigenvalue weighted by atomic mass is 10.0. The summed E-state index contributed by atoms with van der Waals surface area (Å²) in [7, 11) is -3.61.